The predicted molar refractivity (Wildman–Crippen MR) is 96.2 cm³/mol. The summed E-state index contributed by atoms with van der Waals surface area (Å²) in [5.41, 5.74) is -0.497. The van der Waals surface area contributed by atoms with E-state index in [4.69, 9.17) is 4.74 Å². The van der Waals surface area contributed by atoms with E-state index < -0.39 is 32.2 Å². The predicted octanol–water partition coefficient (Wildman–Crippen LogP) is 0.491. The van der Waals surface area contributed by atoms with Crippen LogP contribution in [-0.2, 0) is 19.6 Å². The molecule has 0 saturated carbocycles. The topological polar surface area (TPSA) is 105 Å². The van der Waals surface area contributed by atoms with Crippen molar-refractivity contribution in [3.8, 4) is 0 Å². The monoisotopic (exact) mass is 401 g/mol. The van der Waals surface area contributed by atoms with Gasteiger partial charge in [-0.05, 0) is 39.0 Å². The van der Waals surface area contributed by atoms with E-state index in [1.54, 1.807) is 20.8 Å². The Morgan fingerprint density at radius 1 is 1.22 bits per heavy atom. The normalized spacial score (nSPS) is 16.0. The number of carbonyl (C=O) groups excluding carboxylic acids is 2. The lowest BCUT2D eigenvalue weighted by atomic mass is 10.1. The molecule has 10 heteroatoms. The van der Waals surface area contributed by atoms with Gasteiger partial charge < -0.3 is 15.4 Å². The number of benzene rings is 1. The Kier molecular flexibility index (Phi) is 6.55. The molecule has 0 bridgehead atoms. The van der Waals surface area contributed by atoms with Gasteiger partial charge in [-0.25, -0.2) is 12.8 Å². The number of ether oxygens (including phenoxy) is 1. The van der Waals surface area contributed by atoms with Crippen molar-refractivity contribution < 1.29 is 27.1 Å². The summed E-state index contributed by atoms with van der Waals surface area (Å²) in [7, 11) is -4.08. The number of carbonyl (C=O) groups is 2. The lowest BCUT2D eigenvalue weighted by Gasteiger charge is -2.26. The lowest BCUT2D eigenvalue weighted by Crippen LogP contribution is -2.45. The van der Waals surface area contributed by atoms with Crippen molar-refractivity contribution in [3.63, 3.8) is 0 Å². The number of nitrogens with zero attached hydrogens (tertiary/aromatic N) is 1. The van der Waals surface area contributed by atoms with Crippen molar-refractivity contribution in [2.75, 3.05) is 32.8 Å². The summed E-state index contributed by atoms with van der Waals surface area (Å²) in [4.78, 5) is 23.4. The minimum Gasteiger partial charge on any atom is -0.379 e. The maximum absolute atomic E-state index is 14.2. The van der Waals surface area contributed by atoms with Gasteiger partial charge in [0.25, 0.3) is 5.91 Å². The van der Waals surface area contributed by atoms with Crippen LogP contribution in [0.4, 0.5) is 4.39 Å². The fraction of sp³-hybridized carbons (Fsp3) is 0.529. The highest BCUT2D eigenvalue weighted by Gasteiger charge is 2.29. The largest absolute Gasteiger partial charge is 0.379 e. The number of hydrogen-bond donors (Lipinski definition) is 2. The molecule has 1 aliphatic heterocycles. The summed E-state index contributed by atoms with van der Waals surface area (Å²) in [5, 5.41) is 5.08. The number of nitrogens with one attached hydrogen (secondary N) is 2. The summed E-state index contributed by atoms with van der Waals surface area (Å²) in [6, 6.07) is 3.08. The van der Waals surface area contributed by atoms with Gasteiger partial charge in [-0.2, -0.15) is 4.31 Å². The van der Waals surface area contributed by atoms with Crippen LogP contribution in [0.15, 0.2) is 23.1 Å². The van der Waals surface area contributed by atoms with Crippen LogP contribution in [0, 0.1) is 5.82 Å². The summed E-state index contributed by atoms with van der Waals surface area (Å²) >= 11 is 0. The zero-order chi connectivity index (χ0) is 20.2. The molecule has 1 aromatic carbocycles. The lowest BCUT2D eigenvalue weighted by molar-refractivity contribution is -0.121. The molecule has 2 rings (SSSR count). The number of sulfonamides is 1. The van der Waals surface area contributed by atoms with Gasteiger partial charge in [0.05, 0.1) is 19.8 Å². The molecule has 0 atom stereocenters. The summed E-state index contributed by atoms with van der Waals surface area (Å²) < 4.78 is 45.7. The third-order valence-corrected chi connectivity index (χ3v) is 5.62. The van der Waals surface area contributed by atoms with Crippen LogP contribution in [0.5, 0.6) is 0 Å². The second-order valence-corrected chi connectivity index (χ2v) is 9.05. The number of halogens is 1. The van der Waals surface area contributed by atoms with E-state index in [1.165, 1.54) is 6.07 Å². The standard InChI is InChI=1S/C17H24FN3O5S/c1-17(2,3)20-15(22)11-19-16(23)12-4-5-13(18)14(10-12)27(24,25)21-6-8-26-9-7-21/h4-5,10H,6-9,11H2,1-3H3,(H,19,23)(H,20,22). The van der Waals surface area contributed by atoms with Crippen LogP contribution in [0.3, 0.4) is 0 Å². The molecule has 1 fully saturated rings. The fourth-order valence-electron chi connectivity index (χ4n) is 2.49. The van der Waals surface area contributed by atoms with Crippen molar-refractivity contribution in [2.45, 2.75) is 31.2 Å². The van der Waals surface area contributed by atoms with E-state index in [-0.39, 0.29) is 44.3 Å². The van der Waals surface area contributed by atoms with E-state index in [1.807, 2.05) is 0 Å². The Bertz CT molecular complexity index is 814. The van der Waals surface area contributed by atoms with Gasteiger partial charge >= 0.3 is 0 Å². The highest BCUT2D eigenvalue weighted by atomic mass is 32.2. The summed E-state index contributed by atoms with van der Waals surface area (Å²) in [6.45, 7) is 5.81. The molecule has 150 valence electrons. The number of morpholine rings is 1. The molecule has 1 aliphatic rings. The maximum Gasteiger partial charge on any atom is 0.251 e. The summed E-state index contributed by atoms with van der Waals surface area (Å²) in [5.74, 6) is -2.00. The SMILES string of the molecule is CC(C)(C)NC(=O)CNC(=O)c1ccc(F)c(S(=O)(=O)N2CCOCC2)c1. The van der Waals surface area contributed by atoms with Gasteiger partial charge in [0.2, 0.25) is 15.9 Å². The van der Waals surface area contributed by atoms with Gasteiger partial charge in [0.15, 0.2) is 0 Å². The highest BCUT2D eigenvalue weighted by Crippen LogP contribution is 2.21. The zero-order valence-corrected chi connectivity index (χ0v) is 16.4. The van der Waals surface area contributed by atoms with Crippen LogP contribution in [-0.4, -0.2) is 62.9 Å². The molecule has 1 aromatic rings. The van der Waals surface area contributed by atoms with Crippen molar-refractivity contribution >= 4 is 21.8 Å². The average molecular weight is 401 g/mol. The smallest absolute Gasteiger partial charge is 0.251 e. The molecule has 2 amide bonds. The van der Waals surface area contributed by atoms with Gasteiger partial charge in [-0.3, -0.25) is 9.59 Å². The average Bonchev–Trinajstić information content (AvgIpc) is 2.59. The molecule has 0 radical (unpaired) electrons. The molecular formula is C17H24FN3O5S. The minimum absolute atomic E-state index is 0.0493. The Morgan fingerprint density at radius 3 is 2.44 bits per heavy atom. The number of hydrogen-bond acceptors (Lipinski definition) is 5. The first-order valence-corrected chi connectivity index (χ1v) is 9.91. The summed E-state index contributed by atoms with van der Waals surface area (Å²) in [6.07, 6.45) is 0. The minimum atomic E-state index is -4.08. The van der Waals surface area contributed by atoms with Gasteiger partial charge in [-0.1, -0.05) is 0 Å². The van der Waals surface area contributed by atoms with Crippen LogP contribution in [0.25, 0.3) is 0 Å². The van der Waals surface area contributed by atoms with Crippen LogP contribution < -0.4 is 10.6 Å². The molecule has 8 nitrogen and oxygen atoms in total. The van der Waals surface area contributed by atoms with Crippen LogP contribution >= 0.6 is 0 Å². The molecule has 0 aromatic heterocycles. The first-order valence-electron chi connectivity index (χ1n) is 8.47. The van der Waals surface area contributed by atoms with Crippen molar-refractivity contribution in [3.05, 3.63) is 29.6 Å². The zero-order valence-electron chi connectivity index (χ0n) is 15.5. The van der Waals surface area contributed by atoms with Crippen molar-refractivity contribution in [1.29, 1.82) is 0 Å². The molecule has 2 N–H and O–H groups in total. The van der Waals surface area contributed by atoms with E-state index in [2.05, 4.69) is 10.6 Å². The molecule has 1 heterocycles. The Hall–Kier alpha value is -2.04. The second kappa shape index (κ2) is 8.32. The molecular weight excluding hydrogens is 377 g/mol. The first-order chi connectivity index (χ1) is 12.5. The fourth-order valence-corrected chi connectivity index (χ4v) is 3.99. The van der Waals surface area contributed by atoms with E-state index in [0.717, 1.165) is 16.4 Å². The van der Waals surface area contributed by atoms with E-state index in [9.17, 15) is 22.4 Å². The first kappa shape index (κ1) is 21.3. The maximum atomic E-state index is 14.2. The molecule has 0 aliphatic carbocycles. The van der Waals surface area contributed by atoms with E-state index in [0.29, 0.717) is 0 Å². The highest BCUT2D eigenvalue weighted by molar-refractivity contribution is 7.89. The quantitative estimate of drug-likeness (QED) is 0.747. The molecule has 0 spiro atoms. The van der Waals surface area contributed by atoms with Crippen molar-refractivity contribution in [2.24, 2.45) is 0 Å². The Balaban J connectivity index is 2.14. The van der Waals surface area contributed by atoms with Crippen LogP contribution in [0.1, 0.15) is 31.1 Å². The van der Waals surface area contributed by atoms with Gasteiger partial charge in [0.1, 0.15) is 10.7 Å². The van der Waals surface area contributed by atoms with Crippen LogP contribution in [0.2, 0.25) is 0 Å². The van der Waals surface area contributed by atoms with Crippen molar-refractivity contribution in [1.82, 2.24) is 14.9 Å². The molecule has 0 unspecified atom stereocenters. The second-order valence-electron chi connectivity index (χ2n) is 7.14. The number of rotatable bonds is 5. The molecule has 27 heavy (non-hydrogen) atoms. The third-order valence-electron chi connectivity index (χ3n) is 3.71. The Labute approximate surface area is 158 Å². The molecule has 1 saturated heterocycles. The third kappa shape index (κ3) is 5.72. The van der Waals surface area contributed by atoms with Gasteiger partial charge in [-0.15, -0.1) is 0 Å². The Morgan fingerprint density at radius 2 is 1.85 bits per heavy atom. The van der Waals surface area contributed by atoms with Gasteiger partial charge in [0, 0.05) is 24.2 Å². The number of amides is 2. The van der Waals surface area contributed by atoms with E-state index >= 15 is 0 Å².